The number of nitrogens with one attached hydrogen (secondary N) is 1. The second-order valence-corrected chi connectivity index (χ2v) is 5.07. The lowest BCUT2D eigenvalue weighted by molar-refractivity contribution is 0.221. The smallest absolute Gasteiger partial charge is 0.00160 e. The molecule has 0 aromatic heterocycles. The molecule has 2 nitrogen and oxygen atoms in total. The molecule has 0 bridgehead atoms. The van der Waals surface area contributed by atoms with E-state index in [0.717, 1.165) is 11.8 Å². The van der Waals surface area contributed by atoms with E-state index in [9.17, 15) is 0 Å². The summed E-state index contributed by atoms with van der Waals surface area (Å²) in [5.41, 5.74) is 0. The Bertz CT molecular complexity index is 164. The van der Waals surface area contributed by atoms with Crippen molar-refractivity contribution in [2.24, 2.45) is 11.8 Å². The monoisotopic (exact) mass is 196 g/mol. The maximum atomic E-state index is 3.48. The molecule has 1 N–H and O–H groups in total. The zero-order chi connectivity index (χ0) is 9.80. The minimum absolute atomic E-state index is 0.895. The molecule has 0 radical (unpaired) electrons. The molecule has 2 heteroatoms. The Kier molecular flexibility index (Phi) is 3.82. The quantitative estimate of drug-likeness (QED) is 0.739. The van der Waals surface area contributed by atoms with Gasteiger partial charge in [0.15, 0.2) is 0 Å². The molecular formula is C12H24N2. The molecule has 0 aromatic carbocycles. The molecule has 0 spiro atoms. The number of hydrogen-bond acceptors (Lipinski definition) is 2. The molecule has 2 aliphatic rings. The van der Waals surface area contributed by atoms with E-state index in [0.29, 0.717) is 0 Å². The van der Waals surface area contributed by atoms with Crippen LogP contribution >= 0.6 is 0 Å². The van der Waals surface area contributed by atoms with Crippen LogP contribution in [0.3, 0.4) is 0 Å². The average Bonchev–Trinajstić information content (AvgIpc) is 2.69. The van der Waals surface area contributed by atoms with Crippen molar-refractivity contribution in [3.8, 4) is 0 Å². The normalized spacial score (nSPS) is 34.9. The highest BCUT2D eigenvalue weighted by atomic mass is 15.1. The number of hydrogen-bond donors (Lipinski definition) is 1. The summed E-state index contributed by atoms with van der Waals surface area (Å²) in [5, 5.41) is 3.48. The van der Waals surface area contributed by atoms with Crippen LogP contribution in [0.4, 0.5) is 0 Å². The largest absolute Gasteiger partial charge is 0.316 e. The second kappa shape index (κ2) is 5.13. The molecule has 2 heterocycles. The molecule has 82 valence electrons. The first kappa shape index (κ1) is 10.4. The molecule has 2 rings (SSSR count). The van der Waals surface area contributed by atoms with E-state index in [4.69, 9.17) is 0 Å². The highest BCUT2D eigenvalue weighted by molar-refractivity contribution is 4.77. The van der Waals surface area contributed by atoms with E-state index in [1.807, 2.05) is 0 Å². The fourth-order valence-corrected chi connectivity index (χ4v) is 2.85. The van der Waals surface area contributed by atoms with E-state index in [1.54, 1.807) is 0 Å². The Hall–Kier alpha value is -0.0800. The van der Waals surface area contributed by atoms with Crippen molar-refractivity contribution in [1.29, 1.82) is 0 Å². The molecule has 2 saturated heterocycles. The SMILES string of the molecule is CC1CNCCC1CCN1CCCC1. The van der Waals surface area contributed by atoms with Crippen molar-refractivity contribution in [2.45, 2.75) is 32.6 Å². The van der Waals surface area contributed by atoms with Crippen molar-refractivity contribution in [1.82, 2.24) is 10.2 Å². The molecule has 14 heavy (non-hydrogen) atoms. The standard InChI is InChI=1S/C12H24N2/c1-11-10-13-6-4-12(11)5-9-14-7-2-3-8-14/h11-13H,2-10H2,1H3. The fraction of sp³-hybridized carbons (Fsp3) is 1.00. The summed E-state index contributed by atoms with van der Waals surface area (Å²) < 4.78 is 0. The van der Waals surface area contributed by atoms with E-state index < -0.39 is 0 Å². The van der Waals surface area contributed by atoms with E-state index in [2.05, 4.69) is 17.1 Å². The molecular weight excluding hydrogens is 172 g/mol. The summed E-state index contributed by atoms with van der Waals surface area (Å²) >= 11 is 0. The molecule has 2 fully saturated rings. The average molecular weight is 196 g/mol. The highest BCUT2D eigenvalue weighted by Crippen LogP contribution is 2.23. The Labute approximate surface area is 88.1 Å². The Morgan fingerprint density at radius 1 is 1.29 bits per heavy atom. The van der Waals surface area contributed by atoms with Crippen LogP contribution in [0.2, 0.25) is 0 Å². The summed E-state index contributed by atoms with van der Waals surface area (Å²) in [6.45, 7) is 8.97. The van der Waals surface area contributed by atoms with Gasteiger partial charge in [-0.1, -0.05) is 6.92 Å². The number of piperidine rings is 1. The van der Waals surface area contributed by atoms with Gasteiger partial charge < -0.3 is 10.2 Å². The Morgan fingerprint density at radius 2 is 2.07 bits per heavy atom. The third-order valence-corrected chi connectivity index (χ3v) is 3.98. The molecule has 2 atom stereocenters. The summed E-state index contributed by atoms with van der Waals surface area (Å²) in [4.78, 5) is 2.65. The zero-order valence-electron chi connectivity index (χ0n) is 9.47. The lowest BCUT2D eigenvalue weighted by atomic mass is 9.85. The first-order valence-corrected chi connectivity index (χ1v) is 6.29. The van der Waals surface area contributed by atoms with Crippen LogP contribution in [0.15, 0.2) is 0 Å². The van der Waals surface area contributed by atoms with Crippen molar-refractivity contribution < 1.29 is 0 Å². The molecule has 0 aromatic rings. The lowest BCUT2D eigenvalue weighted by Gasteiger charge is -2.30. The Morgan fingerprint density at radius 3 is 2.79 bits per heavy atom. The highest BCUT2D eigenvalue weighted by Gasteiger charge is 2.22. The van der Waals surface area contributed by atoms with Gasteiger partial charge in [-0.05, 0) is 70.2 Å². The maximum Gasteiger partial charge on any atom is -0.00160 e. The molecule has 0 saturated carbocycles. The van der Waals surface area contributed by atoms with Gasteiger partial charge in [-0.3, -0.25) is 0 Å². The first-order valence-electron chi connectivity index (χ1n) is 6.29. The predicted molar refractivity (Wildman–Crippen MR) is 60.4 cm³/mol. The van der Waals surface area contributed by atoms with Gasteiger partial charge >= 0.3 is 0 Å². The van der Waals surface area contributed by atoms with Gasteiger partial charge in [0.25, 0.3) is 0 Å². The van der Waals surface area contributed by atoms with Crippen LogP contribution in [0.1, 0.15) is 32.6 Å². The third kappa shape index (κ3) is 2.71. The van der Waals surface area contributed by atoms with Crippen LogP contribution in [0, 0.1) is 11.8 Å². The van der Waals surface area contributed by atoms with Crippen LogP contribution in [-0.4, -0.2) is 37.6 Å². The molecule has 0 aliphatic carbocycles. The molecule has 0 amide bonds. The van der Waals surface area contributed by atoms with E-state index in [1.165, 1.54) is 58.4 Å². The van der Waals surface area contributed by atoms with Gasteiger partial charge in [0.2, 0.25) is 0 Å². The van der Waals surface area contributed by atoms with Gasteiger partial charge in [0, 0.05) is 0 Å². The lowest BCUT2D eigenvalue weighted by Crippen LogP contribution is -2.36. The summed E-state index contributed by atoms with van der Waals surface area (Å²) in [6, 6.07) is 0. The fourth-order valence-electron chi connectivity index (χ4n) is 2.85. The second-order valence-electron chi connectivity index (χ2n) is 5.07. The summed E-state index contributed by atoms with van der Waals surface area (Å²) in [6.07, 6.45) is 5.70. The van der Waals surface area contributed by atoms with Crippen molar-refractivity contribution in [3.63, 3.8) is 0 Å². The first-order chi connectivity index (χ1) is 6.86. The van der Waals surface area contributed by atoms with Crippen molar-refractivity contribution in [2.75, 3.05) is 32.7 Å². The summed E-state index contributed by atoms with van der Waals surface area (Å²) in [7, 11) is 0. The number of nitrogens with zero attached hydrogens (tertiary/aromatic N) is 1. The van der Waals surface area contributed by atoms with E-state index >= 15 is 0 Å². The maximum absolute atomic E-state index is 3.48. The third-order valence-electron chi connectivity index (χ3n) is 3.98. The Balaban J connectivity index is 1.67. The van der Waals surface area contributed by atoms with Gasteiger partial charge in [0.1, 0.15) is 0 Å². The predicted octanol–water partition coefficient (Wildman–Crippen LogP) is 1.72. The van der Waals surface area contributed by atoms with Crippen LogP contribution in [0.5, 0.6) is 0 Å². The van der Waals surface area contributed by atoms with Gasteiger partial charge in [0.05, 0.1) is 0 Å². The van der Waals surface area contributed by atoms with Gasteiger partial charge in [-0.15, -0.1) is 0 Å². The zero-order valence-corrected chi connectivity index (χ0v) is 9.47. The van der Waals surface area contributed by atoms with Crippen LogP contribution in [-0.2, 0) is 0 Å². The minimum Gasteiger partial charge on any atom is -0.316 e. The van der Waals surface area contributed by atoms with Crippen LogP contribution < -0.4 is 5.32 Å². The molecule has 2 unspecified atom stereocenters. The minimum atomic E-state index is 0.895. The summed E-state index contributed by atoms with van der Waals surface area (Å²) in [5.74, 6) is 1.88. The van der Waals surface area contributed by atoms with Crippen molar-refractivity contribution in [3.05, 3.63) is 0 Å². The van der Waals surface area contributed by atoms with Crippen molar-refractivity contribution >= 4 is 0 Å². The van der Waals surface area contributed by atoms with Crippen LogP contribution in [0.25, 0.3) is 0 Å². The number of likely N-dealkylation sites (tertiary alicyclic amines) is 1. The number of rotatable bonds is 3. The van der Waals surface area contributed by atoms with Gasteiger partial charge in [-0.2, -0.15) is 0 Å². The van der Waals surface area contributed by atoms with Gasteiger partial charge in [-0.25, -0.2) is 0 Å². The molecule has 2 aliphatic heterocycles. The topological polar surface area (TPSA) is 15.3 Å². The van der Waals surface area contributed by atoms with E-state index in [-0.39, 0.29) is 0 Å².